The number of carboxylic acid groups (broad SMARTS) is 1. The third-order valence-corrected chi connectivity index (χ3v) is 5.75. The molecule has 3 aromatic carbocycles. The molecule has 0 saturated heterocycles. The number of aryl methyl sites for hydroxylation is 2. The number of carbonyl (C=O) groups is 1. The van der Waals surface area contributed by atoms with E-state index in [1.165, 1.54) is 11.1 Å². The molecular weight excluding hydrogens is 372 g/mol. The van der Waals surface area contributed by atoms with Crippen LogP contribution in [-0.4, -0.2) is 15.6 Å². The highest BCUT2D eigenvalue weighted by Gasteiger charge is 2.22. The van der Waals surface area contributed by atoms with Gasteiger partial charge in [-0.1, -0.05) is 66.7 Å². The van der Waals surface area contributed by atoms with Crippen LogP contribution in [-0.2, 0) is 19.6 Å². The fraction of sp³-hybridized carbons (Fsp3) is 0.192. The summed E-state index contributed by atoms with van der Waals surface area (Å²) >= 11 is 0. The quantitative estimate of drug-likeness (QED) is 0.444. The van der Waals surface area contributed by atoms with Gasteiger partial charge in [-0.15, -0.1) is 0 Å². The molecule has 0 bridgehead atoms. The Morgan fingerprint density at radius 2 is 1.43 bits per heavy atom. The van der Waals surface area contributed by atoms with Crippen molar-refractivity contribution in [1.29, 1.82) is 0 Å². The van der Waals surface area contributed by atoms with E-state index in [-0.39, 0.29) is 0 Å². The first-order valence-electron chi connectivity index (χ1n) is 10.2. The SMILES string of the molecule is Cc1ccccc1CNCc1c(C(=O)O)n(Cc2ccccc2C)c2ccccc12. The molecule has 1 aromatic heterocycles. The van der Waals surface area contributed by atoms with E-state index in [2.05, 4.69) is 43.4 Å². The number of benzene rings is 3. The molecule has 0 fully saturated rings. The van der Waals surface area contributed by atoms with Crippen LogP contribution in [0.3, 0.4) is 0 Å². The minimum absolute atomic E-state index is 0.358. The molecule has 4 nitrogen and oxygen atoms in total. The molecule has 0 saturated carbocycles. The van der Waals surface area contributed by atoms with Gasteiger partial charge in [0.1, 0.15) is 5.69 Å². The van der Waals surface area contributed by atoms with Crippen molar-refractivity contribution in [2.45, 2.75) is 33.5 Å². The fourth-order valence-corrected chi connectivity index (χ4v) is 4.05. The second kappa shape index (κ2) is 8.56. The molecular formula is C26H26N2O2. The van der Waals surface area contributed by atoms with Crippen molar-refractivity contribution in [1.82, 2.24) is 9.88 Å². The number of fused-ring (bicyclic) bond motifs is 1. The van der Waals surface area contributed by atoms with E-state index < -0.39 is 5.97 Å². The van der Waals surface area contributed by atoms with Gasteiger partial charge < -0.3 is 15.0 Å². The van der Waals surface area contributed by atoms with Crippen LogP contribution in [0.25, 0.3) is 10.9 Å². The van der Waals surface area contributed by atoms with Gasteiger partial charge in [0.15, 0.2) is 0 Å². The van der Waals surface area contributed by atoms with E-state index >= 15 is 0 Å². The molecule has 1 heterocycles. The highest BCUT2D eigenvalue weighted by molar-refractivity contribution is 5.98. The summed E-state index contributed by atoms with van der Waals surface area (Å²) in [5, 5.41) is 14.6. The van der Waals surface area contributed by atoms with Crippen molar-refractivity contribution in [3.63, 3.8) is 0 Å². The second-order valence-electron chi connectivity index (χ2n) is 7.69. The van der Waals surface area contributed by atoms with Crippen molar-refractivity contribution >= 4 is 16.9 Å². The number of aromatic nitrogens is 1. The molecule has 0 unspecified atom stereocenters. The van der Waals surface area contributed by atoms with Crippen molar-refractivity contribution in [2.24, 2.45) is 0 Å². The molecule has 0 radical (unpaired) electrons. The van der Waals surface area contributed by atoms with Crippen LogP contribution in [0.1, 0.15) is 38.3 Å². The maximum Gasteiger partial charge on any atom is 0.352 e. The Balaban J connectivity index is 1.72. The number of nitrogens with zero attached hydrogens (tertiary/aromatic N) is 1. The predicted molar refractivity (Wildman–Crippen MR) is 121 cm³/mol. The van der Waals surface area contributed by atoms with Crippen molar-refractivity contribution in [2.75, 3.05) is 0 Å². The lowest BCUT2D eigenvalue weighted by Crippen LogP contribution is -2.17. The van der Waals surface area contributed by atoms with Gasteiger partial charge in [0.2, 0.25) is 0 Å². The standard InChI is InChI=1S/C26H26N2O2/c1-18-9-3-5-11-20(18)15-27-16-23-22-13-7-8-14-24(22)28(25(23)26(29)30)17-21-12-6-4-10-19(21)2/h3-14,27H,15-17H2,1-2H3,(H,29,30). The number of rotatable bonds is 7. The molecule has 4 heteroatoms. The lowest BCUT2D eigenvalue weighted by atomic mass is 10.1. The third-order valence-electron chi connectivity index (χ3n) is 5.75. The number of para-hydroxylation sites is 1. The first-order chi connectivity index (χ1) is 14.6. The minimum atomic E-state index is -0.896. The molecule has 0 aliphatic carbocycles. The molecule has 152 valence electrons. The number of carboxylic acids is 1. The molecule has 0 amide bonds. The maximum absolute atomic E-state index is 12.3. The fourth-order valence-electron chi connectivity index (χ4n) is 4.05. The Morgan fingerprint density at radius 3 is 2.10 bits per heavy atom. The van der Waals surface area contributed by atoms with E-state index in [0.29, 0.717) is 25.3 Å². The molecule has 2 N–H and O–H groups in total. The van der Waals surface area contributed by atoms with E-state index in [1.807, 2.05) is 53.1 Å². The smallest absolute Gasteiger partial charge is 0.352 e. The first-order valence-corrected chi connectivity index (χ1v) is 10.2. The summed E-state index contributed by atoms with van der Waals surface area (Å²) in [4.78, 5) is 12.3. The Labute approximate surface area is 176 Å². The highest BCUT2D eigenvalue weighted by Crippen LogP contribution is 2.28. The van der Waals surface area contributed by atoms with Crippen molar-refractivity contribution in [3.8, 4) is 0 Å². The van der Waals surface area contributed by atoms with Gasteiger partial charge in [-0.3, -0.25) is 0 Å². The topological polar surface area (TPSA) is 54.3 Å². The molecule has 4 aromatic rings. The van der Waals surface area contributed by atoms with Gasteiger partial charge in [0, 0.05) is 36.1 Å². The van der Waals surface area contributed by atoms with Crippen LogP contribution in [0.4, 0.5) is 0 Å². The molecule has 0 spiro atoms. The normalized spacial score (nSPS) is 11.1. The Bertz CT molecular complexity index is 1210. The van der Waals surface area contributed by atoms with E-state index in [9.17, 15) is 9.90 Å². The first kappa shape index (κ1) is 19.9. The monoisotopic (exact) mass is 398 g/mol. The highest BCUT2D eigenvalue weighted by atomic mass is 16.4. The number of hydrogen-bond donors (Lipinski definition) is 2. The van der Waals surface area contributed by atoms with E-state index in [0.717, 1.165) is 27.6 Å². The van der Waals surface area contributed by atoms with Crippen molar-refractivity contribution < 1.29 is 9.90 Å². The van der Waals surface area contributed by atoms with Gasteiger partial charge in [-0.05, 0) is 42.2 Å². The Hall–Kier alpha value is -3.37. The maximum atomic E-state index is 12.3. The summed E-state index contributed by atoms with van der Waals surface area (Å²) in [6.45, 7) is 5.88. The van der Waals surface area contributed by atoms with Crippen molar-refractivity contribution in [3.05, 3.63) is 106 Å². The van der Waals surface area contributed by atoms with Crippen LogP contribution in [0.2, 0.25) is 0 Å². The van der Waals surface area contributed by atoms with Gasteiger partial charge >= 0.3 is 5.97 Å². The van der Waals surface area contributed by atoms with Crippen LogP contribution in [0.15, 0.2) is 72.8 Å². The molecule has 0 atom stereocenters. The summed E-state index contributed by atoms with van der Waals surface area (Å²) in [5.74, 6) is -0.896. The number of hydrogen-bond acceptors (Lipinski definition) is 2. The zero-order valence-electron chi connectivity index (χ0n) is 17.4. The Morgan fingerprint density at radius 1 is 0.833 bits per heavy atom. The summed E-state index contributed by atoms with van der Waals surface area (Å²) in [6, 6.07) is 24.3. The van der Waals surface area contributed by atoms with Crippen LogP contribution >= 0.6 is 0 Å². The van der Waals surface area contributed by atoms with Gasteiger partial charge in [0.25, 0.3) is 0 Å². The van der Waals surface area contributed by atoms with Crippen LogP contribution < -0.4 is 5.32 Å². The zero-order chi connectivity index (χ0) is 21.1. The average Bonchev–Trinajstić information content (AvgIpc) is 3.05. The van der Waals surface area contributed by atoms with Gasteiger partial charge in [-0.25, -0.2) is 4.79 Å². The average molecular weight is 399 g/mol. The number of aromatic carboxylic acids is 1. The van der Waals surface area contributed by atoms with Crippen LogP contribution in [0, 0.1) is 13.8 Å². The largest absolute Gasteiger partial charge is 0.477 e. The predicted octanol–water partition coefficient (Wildman–Crippen LogP) is 5.29. The molecule has 0 aliphatic rings. The van der Waals surface area contributed by atoms with Crippen LogP contribution in [0.5, 0.6) is 0 Å². The minimum Gasteiger partial charge on any atom is -0.477 e. The Kier molecular flexibility index (Phi) is 5.68. The van der Waals surface area contributed by atoms with Gasteiger partial charge in [0.05, 0.1) is 0 Å². The summed E-state index contributed by atoms with van der Waals surface area (Å²) < 4.78 is 1.94. The third kappa shape index (κ3) is 3.87. The van der Waals surface area contributed by atoms with E-state index in [1.54, 1.807) is 0 Å². The summed E-state index contributed by atoms with van der Waals surface area (Å²) in [5.41, 5.74) is 6.87. The molecule has 0 aliphatic heterocycles. The molecule has 4 rings (SSSR count). The zero-order valence-corrected chi connectivity index (χ0v) is 17.4. The molecule has 30 heavy (non-hydrogen) atoms. The lowest BCUT2D eigenvalue weighted by molar-refractivity contribution is 0.0684. The summed E-state index contributed by atoms with van der Waals surface area (Å²) in [7, 11) is 0. The number of nitrogens with one attached hydrogen (secondary N) is 1. The summed E-state index contributed by atoms with van der Waals surface area (Å²) in [6.07, 6.45) is 0. The lowest BCUT2D eigenvalue weighted by Gasteiger charge is -2.12. The second-order valence-corrected chi connectivity index (χ2v) is 7.69. The van der Waals surface area contributed by atoms with Gasteiger partial charge in [-0.2, -0.15) is 0 Å². The van der Waals surface area contributed by atoms with E-state index in [4.69, 9.17) is 0 Å².